The molecule has 0 bridgehead atoms. The van der Waals surface area contributed by atoms with E-state index in [1.165, 1.54) is 5.56 Å². The number of hydrogen-bond donors (Lipinski definition) is 3. The van der Waals surface area contributed by atoms with Crippen molar-refractivity contribution in [2.45, 2.75) is 50.7 Å². The van der Waals surface area contributed by atoms with E-state index >= 15 is 0 Å². The average Bonchev–Trinajstić information content (AvgIpc) is 2.94. The van der Waals surface area contributed by atoms with Crippen LogP contribution in [0.15, 0.2) is 72.8 Å². The third kappa shape index (κ3) is 7.43. The zero-order chi connectivity index (χ0) is 26.9. The molecular weight excluding hydrogens is 476 g/mol. The van der Waals surface area contributed by atoms with E-state index < -0.39 is 0 Å². The number of nitrogens with zero attached hydrogens (tertiary/aromatic N) is 1. The number of amides is 2. The fraction of sp³-hybridized carbons (Fsp3) is 0.355. The van der Waals surface area contributed by atoms with Gasteiger partial charge in [-0.25, -0.2) is 0 Å². The number of nitrogens with two attached hydrogens (primary N) is 1. The van der Waals surface area contributed by atoms with Crippen molar-refractivity contribution in [1.29, 1.82) is 0 Å². The van der Waals surface area contributed by atoms with Crippen LogP contribution in [0.1, 0.15) is 57.5 Å². The van der Waals surface area contributed by atoms with E-state index in [1.807, 2.05) is 30.3 Å². The number of anilines is 1. The van der Waals surface area contributed by atoms with Gasteiger partial charge in [0.1, 0.15) is 5.75 Å². The van der Waals surface area contributed by atoms with Gasteiger partial charge in [-0.1, -0.05) is 49.2 Å². The monoisotopic (exact) mass is 514 g/mol. The predicted molar refractivity (Wildman–Crippen MR) is 152 cm³/mol. The van der Waals surface area contributed by atoms with Gasteiger partial charge in [-0.3, -0.25) is 9.59 Å². The van der Waals surface area contributed by atoms with E-state index in [2.05, 4.69) is 34.7 Å². The van der Waals surface area contributed by atoms with E-state index in [4.69, 9.17) is 10.5 Å². The van der Waals surface area contributed by atoms with Crippen LogP contribution >= 0.6 is 0 Å². The molecule has 4 rings (SSSR count). The molecule has 2 atom stereocenters. The molecule has 2 unspecified atom stereocenters. The molecule has 0 aromatic heterocycles. The Morgan fingerprint density at radius 1 is 0.947 bits per heavy atom. The topological polar surface area (TPSA) is 96.7 Å². The standard InChI is InChI=1S/C31H38N4O3/c1-35(19-18-22-8-4-3-5-9-22)21-25-13-12-24(31(37)33-28-11-7-6-10-27(28)32)20-29(25)34-30(36)23-14-16-26(38-2)17-15-23/h3-5,8-9,12-17,20,27-28H,6-7,10-11,18-19,21,32H2,1-2H3,(H,33,37)(H,34,36). The first-order chi connectivity index (χ1) is 18.4. The second kappa shape index (κ2) is 13.2. The minimum absolute atomic E-state index is 0.0283. The summed E-state index contributed by atoms with van der Waals surface area (Å²) in [5, 5.41) is 6.15. The van der Waals surface area contributed by atoms with Gasteiger partial charge in [0, 0.05) is 42.0 Å². The van der Waals surface area contributed by atoms with Gasteiger partial charge in [0.15, 0.2) is 0 Å². The summed E-state index contributed by atoms with van der Waals surface area (Å²) in [4.78, 5) is 28.5. The largest absolute Gasteiger partial charge is 0.497 e. The molecule has 38 heavy (non-hydrogen) atoms. The van der Waals surface area contributed by atoms with Gasteiger partial charge in [0.2, 0.25) is 0 Å². The van der Waals surface area contributed by atoms with E-state index in [1.54, 1.807) is 37.4 Å². The number of ether oxygens (including phenoxy) is 1. The van der Waals surface area contributed by atoms with Crippen LogP contribution in [-0.4, -0.2) is 49.5 Å². The fourth-order valence-corrected chi connectivity index (χ4v) is 4.83. The van der Waals surface area contributed by atoms with Crippen LogP contribution < -0.4 is 21.1 Å². The van der Waals surface area contributed by atoms with Gasteiger partial charge in [-0.15, -0.1) is 0 Å². The molecule has 7 heteroatoms. The first-order valence-electron chi connectivity index (χ1n) is 13.3. The minimum Gasteiger partial charge on any atom is -0.497 e. The van der Waals surface area contributed by atoms with Crippen molar-refractivity contribution in [2.24, 2.45) is 5.73 Å². The lowest BCUT2D eigenvalue weighted by Gasteiger charge is -2.29. The summed E-state index contributed by atoms with van der Waals surface area (Å²) in [5.41, 5.74) is 10.1. The lowest BCUT2D eigenvalue weighted by Crippen LogP contribution is -2.49. The van der Waals surface area contributed by atoms with Crippen LogP contribution in [0, 0.1) is 0 Å². The summed E-state index contributed by atoms with van der Waals surface area (Å²) in [7, 11) is 3.65. The average molecular weight is 515 g/mol. The molecule has 0 spiro atoms. The lowest BCUT2D eigenvalue weighted by atomic mass is 9.91. The molecule has 2 amide bonds. The number of rotatable bonds is 10. The molecule has 4 N–H and O–H groups in total. The van der Waals surface area contributed by atoms with Crippen molar-refractivity contribution in [3.63, 3.8) is 0 Å². The Kier molecular flexibility index (Phi) is 9.51. The highest BCUT2D eigenvalue weighted by molar-refractivity contribution is 6.05. The van der Waals surface area contributed by atoms with Crippen molar-refractivity contribution in [1.82, 2.24) is 10.2 Å². The summed E-state index contributed by atoms with van der Waals surface area (Å²) in [6.07, 6.45) is 4.89. The molecule has 1 aliphatic rings. The Bertz CT molecular complexity index is 1210. The van der Waals surface area contributed by atoms with E-state index in [9.17, 15) is 9.59 Å². The van der Waals surface area contributed by atoms with Crippen LogP contribution in [-0.2, 0) is 13.0 Å². The summed E-state index contributed by atoms with van der Waals surface area (Å²) < 4.78 is 5.21. The van der Waals surface area contributed by atoms with Crippen molar-refractivity contribution >= 4 is 17.5 Å². The van der Waals surface area contributed by atoms with Gasteiger partial charge in [-0.05, 0) is 73.8 Å². The fourth-order valence-electron chi connectivity index (χ4n) is 4.83. The Morgan fingerprint density at radius 3 is 2.37 bits per heavy atom. The maximum Gasteiger partial charge on any atom is 0.255 e. The highest BCUT2D eigenvalue weighted by atomic mass is 16.5. The Morgan fingerprint density at radius 2 is 1.66 bits per heavy atom. The van der Waals surface area contributed by atoms with Crippen LogP contribution in [0.3, 0.4) is 0 Å². The molecule has 1 fully saturated rings. The molecule has 3 aromatic carbocycles. The summed E-state index contributed by atoms with van der Waals surface area (Å²) in [6.45, 7) is 1.48. The van der Waals surface area contributed by atoms with Gasteiger partial charge >= 0.3 is 0 Å². The molecule has 200 valence electrons. The molecule has 0 heterocycles. The van der Waals surface area contributed by atoms with Crippen LogP contribution in [0.4, 0.5) is 5.69 Å². The van der Waals surface area contributed by atoms with Gasteiger partial charge in [0.05, 0.1) is 7.11 Å². The molecule has 1 saturated carbocycles. The van der Waals surface area contributed by atoms with Crippen molar-refractivity contribution < 1.29 is 14.3 Å². The SMILES string of the molecule is COc1ccc(C(=O)Nc2cc(C(=O)NC3CCCCC3N)ccc2CN(C)CCc2ccccc2)cc1. The van der Waals surface area contributed by atoms with Gasteiger partial charge in [0.25, 0.3) is 11.8 Å². The molecule has 3 aromatic rings. The summed E-state index contributed by atoms with van der Waals surface area (Å²) in [6, 6.07) is 22.8. The molecule has 0 saturated heterocycles. The smallest absolute Gasteiger partial charge is 0.255 e. The third-order valence-electron chi connectivity index (χ3n) is 7.17. The first-order valence-corrected chi connectivity index (χ1v) is 13.3. The summed E-state index contributed by atoms with van der Waals surface area (Å²) in [5.74, 6) is 0.269. The van der Waals surface area contributed by atoms with Gasteiger partial charge in [-0.2, -0.15) is 0 Å². The maximum absolute atomic E-state index is 13.1. The number of methoxy groups -OCH3 is 1. The predicted octanol–water partition coefficient (Wildman–Crippen LogP) is 4.62. The van der Waals surface area contributed by atoms with Crippen molar-refractivity contribution in [2.75, 3.05) is 26.0 Å². The van der Waals surface area contributed by atoms with Gasteiger partial charge < -0.3 is 26.0 Å². The highest BCUT2D eigenvalue weighted by Crippen LogP contribution is 2.23. The first kappa shape index (κ1) is 27.4. The van der Waals surface area contributed by atoms with E-state index in [0.717, 1.165) is 44.2 Å². The Hall–Kier alpha value is -3.68. The second-order valence-corrected chi connectivity index (χ2v) is 10.1. The Labute approximate surface area is 225 Å². The number of hydrogen-bond acceptors (Lipinski definition) is 5. The molecule has 0 aliphatic heterocycles. The Balaban J connectivity index is 1.51. The molecule has 1 aliphatic carbocycles. The zero-order valence-corrected chi connectivity index (χ0v) is 22.3. The van der Waals surface area contributed by atoms with E-state index in [0.29, 0.717) is 29.1 Å². The molecular formula is C31H38N4O3. The van der Waals surface area contributed by atoms with Crippen molar-refractivity contribution in [3.05, 3.63) is 95.1 Å². The van der Waals surface area contributed by atoms with E-state index in [-0.39, 0.29) is 23.9 Å². The number of nitrogens with one attached hydrogen (secondary N) is 2. The second-order valence-electron chi connectivity index (χ2n) is 10.1. The normalized spacial score (nSPS) is 17.2. The van der Waals surface area contributed by atoms with Crippen LogP contribution in [0.5, 0.6) is 5.75 Å². The third-order valence-corrected chi connectivity index (χ3v) is 7.17. The van der Waals surface area contributed by atoms with Crippen LogP contribution in [0.25, 0.3) is 0 Å². The number of carbonyl (C=O) groups is 2. The number of likely N-dealkylation sites (N-methyl/N-ethyl adjacent to an activating group) is 1. The minimum atomic E-state index is -0.243. The maximum atomic E-state index is 13.1. The number of carbonyl (C=O) groups excluding carboxylic acids is 2. The zero-order valence-electron chi connectivity index (χ0n) is 22.3. The summed E-state index contributed by atoms with van der Waals surface area (Å²) >= 11 is 0. The lowest BCUT2D eigenvalue weighted by molar-refractivity contribution is 0.0920. The molecule has 0 radical (unpaired) electrons. The van der Waals surface area contributed by atoms with Crippen molar-refractivity contribution in [3.8, 4) is 5.75 Å². The van der Waals surface area contributed by atoms with Crippen LogP contribution in [0.2, 0.25) is 0 Å². The molecule has 7 nitrogen and oxygen atoms in total. The number of benzene rings is 3. The highest BCUT2D eigenvalue weighted by Gasteiger charge is 2.24. The quantitative estimate of drug-likeness (QED) is 0.367.